The zero-order valence-corrected chi connectivity index (χ0v) is 5.58. The van der Waals surface area contributed by atoms with Crippen LogP contribution >= 0.6 is 0 Å². The van der Waals surface area contributed by atoms with Crippen molar-refractivity contribution in [3.05, 3.63) is 23.7 Å². The van der Waals surface area contributed by atoms with Crippen LogP contribution < -0.4 is 5.73 Å². The molecule has 1 amide bonds. The second-order valence-electron chi connectivity index (χ2n) is 2.31. The third-order valence-corrected chi connectivity index (χ3v) is 1.49. The number of hydrogen-bond acceptors (Lipinski definition) is 1. The average Bonchev–Trinajstić information content (AvgIpc) is 1.88. The van der Waals surface area contributed by atoms with Gasteiger partial charge in [-0.3, -0.25) is 4.79 Å². The molecule has 0 aromatic rings. The van der Waals surface area contributed by atoms with E-state index in [-0.39, 0.29) is 11.8 Å². The molecule has 1 atom stereocenters. The second kappa shape index (κ2) is 2.73. The zero-order chi connectivity index (χ0) is 7.56. The van der Waals surface area contributed by atoms with Crippen LogP contribution in [0.4, 0.5) is 0 Å². The van der Waals surface area contributed by atoms with Gasteiger partial charge in [0.1, 0.15) is 7.85 Å². The summed E-state index contributed by atoms with van der Waals surface area (Å²) in [5, 5.41) is 0. The van der Waals surface area contributed by atoms with Crippen LogP contribution in [-0.4, -0.2) is 13.8 Å². The number of amides is 1. The summed E-state index contributed by atoms with van der Waals surface area (Å²) in [7, 11) is 5.42. The largest absolute Gasteiger partial charge is 0.369 e. The minimum absolute atomic E-state index is 0.160. The maximum Gasteiger partial charge on any atom is 0.224 e. The molecule has 0 bridgehead atoms. The lowest BCUT2D eigenvalue weighted by Crippen LogP contribution is -2.22. The predicted molar refractivity (Wildman–Crippen MR) is 40.3 cm³/mol. The van der Waals surface area contributed by atoms with Crippen molar-refractivity contribution in [2.75, 3.05) is 0 Å². The molecule has 2 N–H and O–H groups in total. The van der Waals surface area contributed by atoms with E-state index in [0.29, 0.717) is 11.9 Å². The summed E-state index contributed by atoms with van der Waals surface area (Å²) in [5.41, 5.74) is 5.76. The lowest BCUT2D eigenvalue weighted by atomic mass is 9.86. The lowest BCUT2D eigenvalue weighted by molar-refractivity contribution is -0.120. The Morgan fingerprint density at radius 2 is 2.50 bits per heavy atom. The van der Waals surface area contributed by atoms with Crippen LogP contribution in [-0.2, 0) is 4.79 Å². The van der Waals surface area contributed by atoms with Crippen molar-refractivity contribution < 1.29 is 4.79 Å². The standard InChI is InChI=1S/C7H8BNO/c8-6-3-1-5(2-4-6)7(9)10/h1,3-5H,2H2,(H2,9,10). The van der Waals surface area contributed by atoms with E-state index in [1.807, 2.05) is 0 Å². The number of rotatable bonds is 1. The van der Waals surface area contributed by atoms with E-state index >= 15 is 0 Å². The van der Waals surface area contributed by atoms with Crippen LogP contribution in [0.3, 0.4) is 0 Å². The summed E-state index contributed by atoms with van der Waals surface area (Å²) >= 11 is 0. The fourth-order valence-corrected chi connectivity index (χ4v) is 0.848. The van der Waals surface area contributed by atoms with Crippen molar-refractivity contribution in [2.45, 2.75) is 6.42 Å². The Labute approximate surface area is 61.2 Å². The number of primary amides is 1. The highest BCUT2D eigenvalue weighted by molar-refractivity contribution is 6.23. The molecule has 0 saturated carbocycles. The van der Waals surface area contributed by atoms with E-state index < -0.39 is 0 Å². The molecule has 1 aliphatic carbocycles. The fraction of sp³-hybridized carbons (Fsp3) is 0.286. The van der Waals surface area contributed by atoms with Gasteiger partial charge in [-0.1, -0.05) is 18.2 Å². The van der Waals surface area contributed by atoms with Gasteiger partial charge in [0.2, 0.25) is 5.91 Å². The topological polar surface area (TPSA) is 43.1 Å². The van der Waals surface area contributed by atoms with Crippen molar-refractivity contribution in [1.82, 2.24) is 0 Å². The average molecular weight is 133 g/mol. The number of carbonyl (C=O) groups excluding carboxylic acids is 1. The number of hydrogen-bond donors (Lipinski definition) is 1. The second-order valence-corrected chi connectivity index (χ2v) is 2.31. The highest BCUT2D eigenvalue weighted by Gasteiger charge is 2.11. The molecule has 1 aliphatic rings. The first-order valence-corrected chi connectivity index (χ1v) is 3.13. The molecule has 0 aliphatic heterocycles. The molecule has 0 spiro atoms. The Hall–Kier alpha value is -0.985. The Morgan fingerprint density at radius 3 is 2.90 bits per heavy atom. The molecule has 0 saturated heterocycles. The van der Waals surface area contributed by atoms with Gasteiger partial charge in [0, 0.05) is 0 Å². The maximum absolute atomic E-state index is 10.6. The molecule has 1 rings (SSSR count). The van der Waals surface area contributed by atoms with Crippen molar-refractivity contribution in [2.24, 2.45) is 11.7 Å². The van der Waals surface area contributed by atoms with E-state index in [1.165, 1.54) is 0 Å². The minimum atomic E-state index is -0.292. The van der Waals surface area contributed by atoms with Gasteiger partial charge in [-0.15, -0.1) is 5.47 Å². The Bertz CT molecular complexity index is 208. The number of carbonyl (C=O) groups is 1. The Morgan fingerprint density at radius 1 is 1.80 bits per heavy atom. The van der Waals surface area contributed by atoms with Crippen molar-refractivity contribution in [3.63, 3.8) is 0 Å². The van der Waals surface area contributed by atoms with Gasteiger partial charge in [-0.2, -0.15) is 0 Å². The van der Waals surface area contributed by atoms with Gasteiger partial charge in [0.25, 0.3) is 0 Å². The highest BCUT2D eigenvalue weighted by atomic mass is 16.1. The van der Waals surface area contributed by atoms with Crippen LogP contribution in [0, 0.1) is 5.92 Å². The molecule has 1 unspecified atom stereocenters. The van der Waals surface area contributed by atoms with E-state index in [2.05, 4.69) is 0 Å². The van der Waals surface area contributed by atoms with Crippen molar-refractivity contribution in [1.29, 1.82) is 0 Å². The van der Waals surface area contributed by atoms with Gasteiger partial charge in [0.15, 0.2) is 0 Å². The van der Waals surface area contributed by atoms with Crippen LogP contribution in [0.2, 0.25) is 0 Å². The molecule has 2 nitrogen and oxygen atoms in total. The Balaban J connectivity index is 2.60. The first-order chi connectivity index (χ1) is 4.70. The maximum atomic E-state index is 10.6. The Kier molecular flexibility index (Phi) is 1.95. The number of nitrogens with two attached hydrogens (primary N) is 1. The van der Waals surface area contributed by atoms with Crippen LogP contribution in [0.25, 0.3) is 0 Å². The summed E-state index contributed by atoms with van der Waals surface area (Å²) in [6, 6.07) is 0. The molecular formula is C7H8BNO. The quantitative estimate of drug-likeness (QED) is 0.506. The van der Waals surface area contributed by atoms with E-state index in [9.17, 15) is 4.79 Å². The minimum Gasteiger partial charge on any atom is -0.369 e. The monoisotopic (exact) mass is 133 g/mol. The SMILES string of the molecule is [B]C1=CCC(C(N)=O)C=C1. The molecule has 10 heavy (non-hydrogen) atoms. The van der Waals surface area contributed by atoms with Crippen LogP contribution in [0.5, 0.6) is 0 Å². The molecule has 0 aromatic carbocycles. The van der Waals surface area contributed by atoms with Crippen molar-refractivity contribution >= 4 is 13.8 Å². The molecule has 2 radical (unpaired) electrons. The fourth-order valence-electron chi connectivity index (χ4n) is 0.848. The van der Waals surface area contributed by atoms with Gasteiger partial charge < -0.3 is 5.73 Å². The first kappa shape index (κ1) is 7.13. The number of allylic oxidation sites excluding steroid dienone is 3. The lowest BCUT2D eigenvalue weighted by Gasteiger charge is -2.09. The third kappa shape index (κ3) is 1.50. The van der Waals surface area contributed by atoms with E-state index in [1.54, 1.807) is 18.2 Å². The third-order valence-electron chi connectivity index (χ3n) is 1.49. The first-order valence-electron chi connectivity index (χ1n) is 3.13. The normalized spacial score (nSPS) is 24.0. The van der Waals surface area contributed by atoms with Gasteiger partial charge >= 0.3 is 0 Å². The van der Waals surface area contributed by atoms with Gasteiger partial charge in [-0.25, -0.2) is 0 Å². The summed E-state index contributed by atoms with van der Waals surface area (Å²) < 4.78 is 0. The van der Waals surface area contributed by atoms with Crippen LogP contribution in [0.1, 0.15) is 6.42 Å². The molecule has 50 valence electrons. The molecule has 0 heterocycles. The zero-order valence-electron chi connectivity index (χ0n) is 5.58. The van der Waals surface area contributed by atoms with Crippen molar-refractivity contribution in [3.8, 4) is 0 Å². The summed E-state index contributed by atoms with van der Waals surface area (Å²) in [6.45, 7) is 0. The van der Waals surface area contributed by atoms with Gasteiger partial charge in [-0.05, 0) is 6.42 Å². The van der Waals surface area contributed by atoms with Crippen LogP contribution in [0.15, 0.2) is 23.7 Å². The van der Waals surface area contributed by atoms with E-state index in [0.717, 1.165) is 0 Å². The highest BCUT2D eigenvalue weighted by Crippen LogP contribution is 2.13. The summed E-state index contributed by atoms with van der Waals surface area (Å²) in [6.07, 6.45) is 5.88. The summed E-state index contributed by atoms with van der Waals surface area (Å²) in [4.78, 5) is 10.6. The predicted octanol–water partition coefficient (Wildman–Crippen LogP) is 0.100. The smallest absolute Gasteiger partial charge is 0.224 e. The molecule has 3 heteroatoms. The molecular weight excluding hydrogens is 125 g/mol. The van der Waals surface area contributed by atoms with E-state index in [4.69, 9.17) is 13.6 Å². The summed E-state index contributed by atoms with van der Waals surface area (Å²) in [5.74, 6) is -0.452. The van der Waals surface area contributed by atoms with Gasteiger partial charge in [0.05, 0.1) is 5.92 Å². The molecule has 0 aromatic heterocycles. The molecule has 0 fully saturated rings.